The third-order valence-corrected chi connectivity index (χ3v) is 2.40. The van der Waals surface area contributed by atoms with E-state index < -0.39 is 0 Å². The molecule has 0 fully saturated rings. The Hall–Kier alpha value is -2.09. The van der Waals surface area contributed by atoms with Gasteiger partial charge in [0.1, 0.15) is 17.3 Å². The summed E-state index contributed by atoms with van der Waals surface area (Å²) in [6, 6.07) is 13.6. The highest BCUT2D eigenvalue weighted by atomic mass is 19.1. The van der Waals surface area contributed by atoms with Gasteiger partial charge >= 0.3 is 0 Å². The van der Waals surface area contributed by atoms with Crippen molar-refractivity contribution in [1.82, 2.24) is 0 Å². The second-order valence-electron chi connectivity index (χ2n) is 3.86. The molecule has 0 unspecified atom stereocenters. The van der Waals surface area contributed by atoms with Gasteiger partial charge in [0, 0.05) is 0 Å². The van der Waals surface area contributed by atoms with Crippen molar-refractivity contribution in [3.8, 4) is 11.5 Å². The Morgan fingerprint density at radius 2 is 1.41 bits per heavy atom. The molecule has 0 N–H and O–H groups in total. The van der Waals surface area contributed by atoms with Gasteiger partial charge in [0.25, 0.3) is 0 Å². The van der Waals surface area contributed by atoms with Crippen LogP contribution in [0.1, 0.15) is 12.5 Å². The van der Waals surface area contributed by atoms with Gasteiger partial charge in [-0.1, -0.05) is 24.3 Å². The fourth-order valence-corrected chi connectivity index (χ4v) is 1.45. The summed E-state index contributed by atoms with van der Waals surface area (Å²) in [5.41, 5.74) is 2.09. The Bertz CT molecular complexity index is 512. The molecule has 0 bridgehead atoms. The van der Waals surface area contributed by atoms with E-state index in [4.69, 9.17) is 4.74 Å². The van der Waals surface area contributed by atoms with Crippen molar-refractivity contribution in [2.45, 2.75) is 6.92 Å². The molecule has 2 aromatic carbocycles. The predicted octanol–water partition coefficient (Wildman–Crippen LogP) is 4.65. The molecule has 2 heteroatoms. The molecule has 86 valence electrons. The zero-order valence-electron chi connectivity index (χ0n) is 9.61. The first kappa shape index (κ1) is 11.4. The summed E-state index contributed by atoms with van der Waals surface area (Å²) in [7, 11) is 0. The van der Waals surface area contributed by atoms with Crippen molar-refractivity contribution in [1.29, 1.82) is 0 Å². The lowest BCUT2D eigenvalue weighted by molar-refractivity contribution is 0.480. The van der Waals surface area contributed by atoms with Crippen molar-refractivity contribution >= 4 is 5.57 Å². The number of ether oxygens (including phenoxy) is 1. The zero-order chi connectivity index (χ0) is 12.3. The highest BCUT2D eigenvalue weighted by Gasteiger charge is 1.98. The minimum Gasteiger partial charge on any atom is -0.457 e. The summed E-state index contributed by atoms with van der Waals surface area (Å²) in [5.74, 6) is 1.08. The molecule has 0 saturated carbocycles. The van der Waals surface area contributed by atoms with Gasteiger partial charge in [-0.2, -0.15) is 0 Å². The third kappa shape index (κ3) is 2.94. The summed E-state index contributed by atoms with van der Waals surface area (Å²) in [6.45, 7) is 5.82. The summed E-state index contributed by atoms with van der Waals surface area (Å²) in [4.78, 5) is 0. The van der Waals surface area contributed by atoms with Crippen LogP contribution >= 0.6 is 0 Å². The lowest BCUT2D eigenvalue weighted by Gasteiger charge is -2.06. The Morgan fingerprint density at radius 3 is 1.88 bits per heavy atom. The molecule has 2 rings (SSSR count). The minimum atomic E-state index is -0.269. The molecule has 0 aromatic heterocycles. The van der Waals surface area contributed by atoms with Crippen LogP contribution in [-0.4, -0.2) is 0 Å². The fraction of sp³-hybridized carbons (Fsp3) is 0.0667. The average Bonchev–Trinajstić information content (AvgIpc) is 2.33. The predicted molar refractivity (Wildman–Crippen MR) is 67.6 cm³/mol. The lowest BCUT2D eigenvalue weighted by Crippen LogP contribution is -1.85. The van der Waals surface area contributed by atoms with E-state index in [0.717, 1.165) is 16.9 Å². The Kier molecular flexibility index (Phi) is 3.24. The number of rotatable bonds is 3. The van der Waals surface area contributed by atoms with E-state index >= 15 is 0 Å². The molecule has 0 amide bonds. The summed E-state index contributed by atoms with van der Waals surface area (Å²) < 4.78 is 18.3. The lowest BCUT2D eigenvalue weighted by atomic mass is 10.1. The van der Waals surface area contributed by atoms with Crippen LogP contribution in [0.25, 0.3) is 5.57 Å². The highest BCUT2D eigenvalue weighted by Crippen LogP contribution is 2.23. The molecule has 0 aliphatic carbocycles. The molecule has 0 aliphatic rings. The van der Waals surface area contributed by atoms with E-state index in [2.05, 4.69) is 6.58 Å². The van der Waals surface area contributed by atoms with E-state index in [1.165, 1.54) is 12.1 Å². The normalized spacial score (nSPS) is 10.0. The number of hydrogen-bond donors (Lipinski definition) is 0. The fourth-order valence-electron chi connectivity index (χ4n) is 1.45. The summed E-state index contributed by atoms with van der Waals surface area (Å²) >= 11 is 0. The van der Waals surface area contributed by atoms with E-state index in [0.29, 0.717) is 5.75 Å². The SMILES string of the molecule is C=C(C)c1ccc(Oc2ccc(F)cc2)cc1. The second-order valence-corrected chi connectivity index (χ2v) is 3.86. The van der Waals surface area contributed by atoms with Crippen LogP contribution in [0.5, 0.6) is 11.5 Å². The standard InChI is InChI=1S/C15H13FO/c1-11(2)12-3-7-14(8-4-12)17-15-9-5-13(16)6-10-15/h3-10H,1H2,2H3. The molecular formula is C15H13FO. The van der Waals surface area contributed by atoms with Crippen molar-refractivity contribution in [2.24, 2.45) is 0 Å². The first-order chi connectivity index (χ1) is 8.15. The molecule has 1 nitrogen and oxygen atoms in total. The maximum absolute atomic E-state index is 12.7. The molecule has 0 saturated heterocycles. The number of halogens is 1. The summed E-state index contributed by atoms with van der Waals surface area (Å²) in [6.07, 6.45) is 0. The number of benzene rings is 2. The molecule has 2 aromatic rings. The van der Waals surface area contributed by atoms with Gasteiger partial charge in [0.2, 0.25) is 0 Å². The zero-order valence-corrected chi connectivity index (χ0v) is 9.61. The largest absolute Gasteiger partial charge is 0.457 e. The molecule has 17 heavy (non-hydrogen) atoms. The quantitative estimate of drug-likeness (QED) is 0.742. The molecule has 0 aliphatic heterocycles. The van der Waals surface area contributed by atoms with Crippen molar-refractivity contribution in [2.75, 3.05) is 0 Å². The molecule has 0 spiro atoms. The van der Waals surface area contributed by atoms with Crippen LogP contribution in [0.2, 0.25) is 0 Å². The Balaban J connectivity index is 2.13. The van der Waals surface area contributed by atoms with Gasteiger partial charge in [-0.15, -0.1) is 0 Å². The van der Waals surface area contributed by atoms with Crippen LogP contribution < -0.4 is 4.74 Å². The topological polar surface area (TPSA) is 9.23 Å². The van der Waals surface area contributed by atoms with Crippen molar-refractivity contribution in [3.63, 3.8) is 0 Å². The van der Waals surface area contributed by atoms with E-state index in [-0.39, 0.29) is 5.82 Å². The van der Waals surface area contributed by atoms with E-state index in [9.17, 15) is 4.39 Å². The van der Waals surface area contributed by atoms with Gasteiger partial charge in [0.15, 0.2) is 0 Å². The van der Waals surface area contributed by atoms with Crippen LogP contribution in [0.4, 0.5) is 4.39 Å². The molecular weight excluding hydrogens is 215 g/mol. The van der Waals surface area contributed by atoms with Crippen LogP contribution in [0.3, 0.4) is 0 Å². The second kappa shape index (κ2) is 4.83. The van der Waals surface area contributed by atoms with E-state index in [1.54, 1.807) is 12.1 Å². The van der Waals surface area contributed by atoms with Crippen LogP contribution in [0, 0.1) is 5.82 Å². The van der Waals surface area contributed by atoms with Crippen molar-refractivity contribution in [3.05, 3.63) is 66.5 Å². The number of allylic oxidation sites excluding steroid dienone is 1. The first-order valence-corrected chi connectivity index (χ1v) is 5.34. The molecule has 0 radical (unpaired) electrons. The van der Waals surface area contributed by atoms with Crippen LogP contribution in [-0.2, 0) is 0 Å². The highest BCUT2D eigenvalue weighted by molar-refractivity contribution is 5.61. The summed E-state index contributed by atoms with van der Waals surface area (Å²) in [5, 5.41) is 0. The van der Waals surface area contributed by atoms with Gasteiger partial charge in [-0.3, -0.25) is 0 Å². The molecule has 0 atom stereocenters. The van der Waals surface area contributed by atoms with Gasteiger partial charge in [0.05, 0.1) is 0 Å². The van der Waals surface area contributed by atoms with Crippen LogP contribution in [0.15, 0.2) is 55.1 Å². The Labute approximate surface area is 100 Å². The smallest absolute Gasteiger partial charge is 0.127 e. The van der Waals surface area contributed by atoms with Gasteiger partial charge < -0.3 is 4.74 Å². The monoisotopic (exact) mass is 228 g/mol. The minimum absolute atomic E-state index is 0.269. The maximum Gasteiger partial charge on any atom is 0.127 e. The average molecular weight is 228 g/mol. The maximum atomic E-state index is 12.7. The van der Waals surface area contributed by atoms with E-state index in [1.807, 2.05) is 31.2 Å². The number of hydrogen-bond acceptors (Lipinski definition) is 1. The third-order valence-electron chi connectivity index (χ3n) is 2.40. The van der Waals surface area contributed by atoms with Gasteiger partial charge in [-0.25, -0.2) is 4.39 Å². The molecule has 0 heterocycles. The van der Waals surface area contributed by atoms with Crippen molar-refractivity contribution < 1.29 is 9.13 Å². The Morgan fingerprint density at radius 1 is 0.941 bits per heavy atom. The first-order valence-electron chi connectivity index (χ1n) is 5.34. The van der Waals surface area contributed by atoms with Gasteiger partial charge in [-0.05, 0) is 48.9 Å².